The monoisotopic (exact) mass is 289 g/mol. The first-order valence-corrected chi connectivity index (χ1v) is 5.95. The average molecular weight is 290 g/mol. The van der Waals surface area contributed by atoms with Crippen LogP contribution in [0.2, 0.25) is 0 Å². The number of carbonyl (C=O) groups is 2. The second-order valence-corrected chi connectivity index (χ2v) is 4.98. The molecule has 1 atom stereocenters. The second kappa shape index (κ2) is 5.89. The molecular weight excluding hydrogens is 274 g/mol. The Hall–Kier alpha value is -1.04. The average Bonchev–Trinajstić information content (AvgIpc) is 2.26. The van der Waals surface area contributed by atoms with Crippen molar-refractivity contribution in [3.8, 4) is 0 Å². The van der Waals surface area contributed by atoms with Crippen LogP contribution in [0.5, 0.6) is 0 Å². The molecule has 3 N–H and O–H groups in total. The second-order valence-electron chi connectivity index (χ2n) is 3.86. The van der Waals surface area contributed by atoms with E-state index in [1.54, 1.807) is 0 Å². The van der Waals surface area contributed by atoms with Crippen LogP contribution in [0.3, 0.4) is 0 Å². The van der Waals surface area contributed by atoms with Gasteiger partial charge in [0.05, 0.1) is 5.92 Å². The van der Waals surface area contributed by atoms with E-state index in [-0.39, 0.29) is 11.8 Å². The molecule has 6 heteroatoms. The first kappa shape index (κ1) is 13.0. The molecule has 1 rings (SSSR count). The summed E-state index contributed by atoms with van der Waals surface area (Å²) >= 11 is 3.17. The van der Waals surface area contributed by atoms with Crippen molar-refractivity contribution < 1.29 is 9.59 Å². The highest BCUT2D eigenvalue weighted by Gasteiger charge is 2.27. The molecule has 0 saturated carbocycles. The summed E-state index contributed by atoms with van der Waals surface area (Å²) in [7, 11) is 0. The van der Waals surface area contributed by atoms with Gasteiger partial charge in [0.1, 0.15) is 0 Å². The first-order chi connectivity index (χ1) is 7.50. The Kier molecular flexibility index (Phi) is 4.79. The van der Waals surface area contributed by atoms with Crippen LogP contribution < -0.4 is 11.1 Å². The number of nitrogens with one attached hydrogen (secondary N) is 1. The van der Waals surface area contributed by atoms with E-state index >= 15 is 0 Å². The molecule has 1 saturated heterocycles. The molecule has 1 aliphatic rings. The molecule has 1 unspecified atom stereocenters. The van der Waals surface area contributed by atoms with Crippen LogP contribution in [0.25, 0.3) is 0 Å². The number of nitrogens with zero attached hydrogens (tertiary/aromatic N) is 1. The minimum atomic E-state index is -0.456. The van der Waals surface area contributed by atoms with Gasteiger partial charge in [0.25, 0.3) is 0 Å². The topological polar surface area (TPSA) is 75.4 Å². The Balaban J connectivity index is 2.43. The molecule has 0 aromatic carbocycles. The number of primary amides is 1. The fourth-order valence-electron chi connectivity index (χ4n) is 1.72. The third kappa shape index (κ3) is 3.84. The van der Waals surface area contributed by atoms with E-state index in [0.717, 1.165) is 17.3 Å². The lowest BCUT2D eigenvalue weighted by molar-refractivity contribution is -0.126. The normalized spacial score (nSPS) is 20.3. The summed E-state index contributed by atoms with van der Waals surface area (Å²) in [6.07, 6.45) is 1.61. The van der Waals surface area contributed by atoms with Gasteiger partial charge in [-0.3, -0.25) is 4.79 Å². The van der Waals surface area contributed by atoms with Crippen LogP contribution in [0.4, 0.5) is 4.79 Å². The Morgan fingerprint density at radius 1 is 1.56 bits per heavy atom. The van der Waals surface area contributed by atoms with E-state index in [4.69, 9.17) is 5.73 Å². The summed E-state index contributed by atoms with van der Waals surface area (Å²) in [5.41, 5.74) is 5.19. The standard InChI is InChI=1S/C10H16BrN3O2/c1-7(11)5-13-9(15)8-3-2-4-14(6-8)10(12)16/h8H,1-6H2,(H2,12,16)(H,13,15). The van der Waals surface area contributed by atoms with Crippen molar-refractivity contribution in [3.63, 3.8) is 0 Å². The zero-order chi connectivity index (χ0) is 12.1. The van der Waals surface area contributed by atoms with Crippen molar-refractivity contribution >= 4 is 27.9 Å². The van der Waals surface area contributed by atoms with Gasteiger partial charge < -0.3 is 16.0 Å². The number of likely N-dealkylation sites (tertiary alicyclic amines) is 1. The van der Waals surface area contributed by atoms with Gasteiger partial charge in [-0.1, -0.05) is 22.5 Å². The molecule has 0 radical (unpaired) electrons. The van der Waals surface area contributed by atoms with Gasteiger partial charge in [-0.05, 0) is 12.8 Å². The number of halogens is 1. The van der Waals surface area contributed by atoms with Crippen molar-refractivity contribution in [2.24, 2.45) is 11.7 Å². The molecule has 90 valence electrons. The highest BCUT2D eigenvalue weighted by Crippen LogP contribution is 2.16. The fraction of sp³-hybridized carbons (Fsp3) is 0.600. The van der Waals surface area contributed by atoms with Gasteiger partial charge >= 0.3 is 6.03 Å². The predicted octanol–water partition coefficient (Wildman–Crippen LogP) is 0.802. The lowest BCUT2D eigenvalue weighted by Gasteiger charge is -2.30. The summed E-state index contributed by atoms with van der Waals surface area (Å²) < 4.78 is 0.725. The highest BCUT2D eigenvalue weighted by atomic mass is 79.9. The van der Waals surface area contributed by atoms with Crippen molar-refractivity contribution in [3.05, 3.63) is 11.1 Å². The number of hydrogen-bond acceptors (Lipinski definition) is 2. The van der Waals surface area contributed by atoms with Gasteiger partial charge in [0, 0.05) is 24.1 Å². The van der Waals surface area contributed by atoms with E-state index < -0.39 is 6.03 Å². The van der Waals surface area contributed by atoms with Crippen LogP contribution in [0, 0.1) is 5.92 Å². The number of urea groups is 1. The van der Waals surface area contributed by atoms with Gasteiger partial charge in [-0.25, -0.2) is 4.79 Å². The molecule has 0 aromatic rings. The first-order valence-electron chi connectivity index (χ1n) is 5.16. The summed E-state index contributed by atoms with van der Waals surface area (Å²) in [5, 5.41) is 2.75. The third-order valence-corrected chi connectivity index (χ3v) is 2.84. The van der Waals surface area contributed by atoms with Crippen LogP contribution in [-0.2, 0) is 4.79 Å². The van der Waals surface area contributed by atoms with E-state index in [1.165, 1.54) is 4.90 Å². The minimum Gasteiger partial charge on any atom is -0.351 e. The van der Waals surface area contributed by atoms with Crippen molar-refractivity contribution in [1.29, 1.82) is 0 Å². The fourth-order valence-corrected chi connectivity index (χ4v) is 1.86. The maximum absolute atomic E-state index is 11.7. The molecule has 1 fully saturated rings. The molecule has 0 aliphatic carbocycles. The van der Waals surface area contributed by atoms with Gasteiger partial charge in [0.2, 0.25) is 5.91 Å². The lowest BCUT2D eigenvalue weighted by atomic mass is 9.97. The molecule has 0 spiro atoms. The quantitative estimate of drug-likeness (QED) is 0.806. The van der Waals surface area contributed by atoms with Gasteiger partial charge in [0.15, 0.2) is 0 Å². The SMILES string of the molecule is C=C(Br)CNC(=O)C1CCCN(C(N)=O)C1. The van der Waals surface area contributed by atoms with Crippen molar-refractivity contribution in [2.75, 3.05) is 19.6 Å². The molecule has 16 heavy (non-hydrogen) atoms. The van der Waals surface area contributed by atoms with Crippen LogP contribution in [-0.4, -0.2) is 36.5 Å². The van der Waals surface area contributed by atoms with E-state index in [0.29, 0.717) is 19.6 Å². The number of carbonyl (C=O) groups excluding carboxylic acids is 2. The lowest BCUT2D eigenvalue weighted by Crippen LogP contribution is -2.47. The zero-order valence-electron chi connectivity index (χ0n) is 9.04. The maximum Gasteiger partial charge on any atom is 0.314 e. The predicted molar refractivity (Wildman–Crippen MR) is 65.0 cm³/mol. The number of amides is 3. The summed E-state index contributed by atoms with van der Waals surface area (Å²) in [6, 6.07) is -0.456. The molecule has 1 heterocycles. The van der Waals surface area contributed by atoms with Crippen molar-refractivity contribution in [2.45, 2.75) is 12.8 Å². The Morgan fingerprint density at radius 2 is 2.25 bits per heavy atom. The van der Waals surface area contributed by atoms with E-state index in [9.17, 15) is 9.59 Å². The Labute approximate surface area is 103 Å². The van der Waals surface area contributed by atoms with Crippen LogP contribution in [0.1, 0.15) is 12.8 Å². The minimum absolute atomic E-state index is 0.0495. The highest BCUT2D eigenvalue weighted by molar-refractivity contribution is 9.11. The van der Waals surface area contributed by atoms with Crippen molar-refractivity contribution in [1.82, 2.24) is 10.2 Å². The molecule has 5 nitrogen and oxygen atoms in total. The molecule has 1 aliphatic heterocycles. The van der Waals surface area contributed by atoms with E-state index in [1.807, 2.05) is 0 Å². The van der Waals surface area contributed by atoms with Gasteiger partial charge in [-0.2, -0.15) is 0 Å². The Bertz CT molecular complexity index is 306. The van der Waals surface area contributed by atoms with Crippen LogP contribution in [0.15, 0.2) is 11.1 Å². The molecule has 0 bridgehead atoms. The number of piperidine rings is 1. The number of hydrogen-bond donors (Lipinski definition) is 2. The van der Waals surface area contributed by atoms with E-state index in [2.05, 4.69) is 27.8 Å². The summed E-state index contributed by atoms with van der Waals surface area (Å²) in [4.78, 5) is 24.2. The third-order valence-electron chi connectivity index (χ3n) is 2.56. The summed E-state index contributed by atoms with van der Waals surface area (Å²) in [5.74, 6) is -0.209. The smallest absolute Gasteiger partial charge is 0.314 e. The van der Waals surface area contributed by atoms with Crippen LogP contribution >= 0.6 is 15.9 Å². The zero-order valence-corrected chi connectivity index (χ0v) is 10.6. The summed E-state index contributed by atoms with van der Waals surface area (Å²) in [6.45, 7) is 5.10. The maximum atomic E-state index is 11.7. The molecule has 0 aromatic heterocycles. The van der Waals surface area contributed by atoms with Gasteiger partial charge in [-0.15, -0.1) is 0 Å². The molecule has 3 amide bonds. The largest absolute Gasteiger partial charge is 0.351 e. The molecular formula is C10H16BrN3O2. The Morgan fingerprint density at radius 3 is 2.81 bits per heavy atom. The number of nitrogens with two attached hydrogens (primary N) is 1. The number of rotatable bonds is 3.